The molecule has 1 amide bonds. The fourth-order valence-electron chi connectivity index (χ4n) is 2.71. The van der Waals surface area contributed by atoms with E-state index in [0.717, 1.165) is 25.9 Å². The van der Waals surface area contributed by atoms with Crippen molar-refractivity contribution in [2.75, 3.05) is 13.1 Å². The van der Waals surface area contributed by atoms with Crippen LogP contribution in [0.1, 0.15) is 58.8 Å². The molecule has 1 atom stereocenters. The Morgan fingerprint density at radius 1 is 1.28 bits per heavy atom. The van der Waals surface area contributed by atoms with Gasteiger partial charge < -0.3 is 10.2 Å². The maximum Gasteiger partial charge on any atom is 0.222 e. The number of amides is 1. The van der Waals surface area contributed by atoms with Gasteiger partial charge in [-0.1, -0.05) is 20.3 Å². The van der Waals surface area contributed by atoms with Crippen molar-refractivity contribution >= 4 is 5.91 Å². The Kier molecular flexibility index (Phi) is 5.04. The molecule has 0 spiro atoms. The molecule has 3 nitrogen and oxygen atoms in total. The molecule has 18 heavy (non-hydrogen) atoms. The van der Waals surface area contributed by atoms with Crippen molar-refractivity contribution in [1.82, 2.24) is 10.2 Å². The average Bonchev–Trinajstić information content (AvgIpc) is 3.18. The number of nitrogens with one attached hydrogen (secondary N) is 1. The van der Waals surface area contributed by atoms with E-state index in [9.17, 15) is 4.79 Å². The predicted molar refractivity (Wildman–Crippen MR) is 74.4 cm³/mol. The summed E-state index contributed by atoms with van der Waals surface area (Å²) in [6, 6.07) is 1.11. The third-order valence-corrected chi connectivity index (χ3v) is 4.07. The second-order valence-electron chi connectivity index (χ2n) is 6.36. The molecule has 2 fully saturated rings. The van der Waals surface area contributed by atoms with Gasteiger partial charge in [-0.25, -0.2) is 0 Å². The molecular weight excluding hydrogens is 224 g/mol. The van der Waals surface area contributed by atoms with E-state index in [1.54, 1.807) is 0 Å². The molecule has 104 valence electrons. The van der Waals surface area contributed by atoms with Crippen molar-refractivity contribution in [3.05, 3.63) is 0 Å². The Bertz CT molecular complexity index is 268. The van der Waals surface area contributed by atoms with E-state index in [2.05, 4.69) is 24.1 Å². The molecule has 1 aliphatic carbocycles. The second-order valence-corrected chi connectivity index (χ2v) is 6.36. The highest BCUT2D eigenvalue weighted by molar-refractivity contribution is 5.76. The molecule has 0 aromatic rings. The maximum atomic E-state index is 12.3. The monoisotopic (exact) mass is 252 g/mol. The molecule has 1 N–H and O–H groups in total. The topological polar surface area (TPSA) is 32.3 Å². The van der Waals surface area contributed by atoms with E-state index < -0.39 is 0 Å². The van der Waals surface area contributed by atoms with Gasteiger partial charge in [0.2, 0.25) is 5.91 Å². The van der Waals surface area contributed by atoms with Gasteiger partial charge in [-0.3, -0.25) is 4.79 Å². The van der Waals surface area contributed by atoms with E-state index in [-0.39, 0.29) is 0 Å². The van der Waals surface area contributed by atoms with E-state index in [4.69, 9.17) is 0 Å². The van der Waals surface area contributed by atoms with Crippen LogP contribution >= 0.6 is 0 Å². The first-order valence-corrected chi connectivity index (χ1v) is 7.69. The second kappa shape index (κ2) is 6.55. The van der Waals surface area contributed by atoms with Crippen molar-refractivity contribution in [2.24, 2.45) is 5.92 Å². The van der Waals surface area contributed by atoms with Crippen LogP contribution in [0.4, 0.5) is 0 Å². The Balaban J connectivity index is 1.81. The zero-order chi connectivity index (χ0) is 13.0. The SMILES string of the molecule is CC(C)CCC(=O)N(CC1CCCCN1)C1CC1. The molecule has 0 aromatic heterocycles. The van der Waals surface area contributed by atoms with Crippen molar-refractivity contribution in [3.63, 3.8) is 0 Å². The lowest BCUT2D eigenvalue weighted by Crippen LogP contribution is -2.46. The third kappa shape index (κ3) is 4.27. The summed E-state index contributed by atoms with van der Waals surface area (Å²) in [5.74, 6) is 1.02. The Hall–Kier alpha value is -0.570. The van der Waals surface area contributed by atoms with Gasteiger partial charge in [0.15, 0.2) is 0 Å². The number of hydrogen-bond donors (Lipinski definition) is 1. The lowest BCUT2D eigenvalue weighted by atomic mass is 10.0. The van der Waals surface area contributed by atoms with Gasteiger partial charge in [0.1, 0.15) is 0 Å². The smallest absolute Gasteiger partial charge is 0.222 e. The average molecular weight is 252 g/mol. The lowest BCUT2D eigenvalue weighted by Gasteiger charge is -2.31. The summed E-state index contributed by atoms with van der Waals surface area (Å²) in [6.07, 6.45) is 8.06. The van der Waals surface area contributed by atoms with Crippen molar-refractivity contribution in [2.45, 2.75) is 70.9 Å². The zero-order valence-electron chi connectivity index (χ0n) is 12.0. The van der Waals surface area contributed by atoms with E-state index in [0.29, 0.717) is 23.9 Å². The van der Waals surface area contributed by atoms with Crippen molar-refractivity contribution < 1.29 is 4.79 Å². The summed E-state index contributed by atoms with van der Waals surface area (Å²) < 4.78 is 0. The maximum absolute atomic E-state index is 12.3. The molecule has 0 bridgehead atoms. The molecule has 3 heteroatoms. The molecule has 1 aliphatic heterocycles. The number of rotatable bonds is 6. The number of piperidine rings is 1. The summed E-state index contributed by atoms with van der Waals surface area (Å²) in [4.78, 5) is 14.5. The third-order valence-electron chi connectivity index (χ3n) is 4.07. The van der Waals surface area contributed by atoms with E-state index >= 15 is 0 Å². The fraction of sp³-hybridized carbons (Fsp3) is 0.933. The first kappa shape index (κ1) is 13.9. The van der Waals surface area contributed by atoms with Gasteiger partial charge >= 0.3 is 0 Å². The van der Waals surface area contributed by atoms with Gasteiger partial charge in [-0.2, -0.15) is 0 Å². The molecule has 2 aliphatic rings. The van der Waals surface area contributed by atoms with Gasteiger partial charge in [0.05, 0.1) is 0 Å². The normalized spacial score (nSPS) is 24.3. The first-order valence-electron chi connectivity index (χ1n) is 7.69. The minimum atomic E-state index is 0.388. The molecule has 1 heterocycles. The summed E-state index contributed by atoms with van der Waals surface area (Å²) in [5.41, 5.74) is 0. The minimum Gasteiger partial charge on any atom is -0.338 e. The van der Waals surface area contributed by atoms with Gasteiger partial charge in [-0.15, -0.1) is 0 Å². The molecule has 0 radical (unpaired) electrons. The van der Waals surface area contributed by atoms with Crippen LogP contribution in [-0.2, 0) is 4.79 Å². The summed E-state index contributed by atoms with van der Waals surface area (Å²) in [7, 11) is 0. The highest BCUT2D eigenvalue weighted by Gasteiger charge is 2.33. The van der Waals surface area contributed by atoms with E-state index in [1.165, 1.54) is 32.1 Å². The highest BCUT2D eigenvalue weighted by Crippen LogP contribution is 2.28. The van der Waals surface area contributed by atoms with Crippen LogP contribution in [0.5, 0.6) is 0 Å². The predicted octanol–water partition coefficient (Wildman–Crippen LogP) is 2.56. The van der Waals surface area contributed by atoms with Crippen LogP contribution in [0, 0.1) is 5.92 Å². The Morgan fingerprint density at radius 3 is 2.61 bits per heavy atom. The van der Waals surface area contributed by atoms with Gasteiger partial charge in [-0.05, 0) is 44.6 Å². The van der Waals surface area contributed by atoms with Crippen LogP contribution in [0.3, 0.4) is 0 Å². The quantitative estimate of drug-likeness (QED) is 0.788. The standard InChI is InChI=1S/C15H28N2O/c1-12(2)6-9-15(18)17(14-7-8-14)11-13-5-3-4-10-16-13/h12-14,16H,3-11H2,1-2H3. The molecule has 1 unspecified atom stereocenters. The van der Waals surface area contributed by atoms with E-state index in [1.807, 2.05) is 0 Å². The van der Waals surface area contributed by atoms with Crippen LogP contribution in [-0.4, -0.2) is 36.0 Å². The number of nitrogens with zero attached hydrogens (tertiary/aromatic N) is 1. The highest BCUT2D eigenvalue weighted by atomic mass is 16.2. The summed E-state index contributed by atoms with van der Waals surface area (Å²) in [6.45, 7) is 6.46. The molecule has 1 saturated carbocycles. The van der Waals surface area contributed by atoms with Crippen molar-refractivity contribution in [3.8, 4) is 0 Å². The lowest BCUT2D eigenvalue weighted by molar-refractivity contribution is -0.132. The Labute approximate surface area is 111 Å². The summed E-state index contributed by atoms with van der Waals surface area (Å²) >= 11 is 0. The minimum absolute atomic E-state index is 0.388. The molecular formula is C15H28N2O. The van der Waals surface area contributed by atoms with Crippen molar-refractivity contribution in [1.29, 1.82) is 0 Å². The first-order chi connectivity index (χ1) is 8.66. The van der Waals surface area contributed by atoms with Crippen LogP contribution in [0.15, 0.2) is 0 Å². The van der Waals surface area contributed by atoms with Gasteiger partial charge in [0, 0.05) is 25.0 Å². The van der Waals surface area contributed by atoms with Crippen LogP contribution < -0.4 is 5.32 Å². The number of carbonyl (C=O) groups excluding carboxylic acids is 1. The Morgan fingerprint density at radius 2 is 2.06 bits per heavy atom. The summed E-state index contributed by atoms with van der Waals surface area (Å²) in [5, 5.41) is 3.56. The number of hydrogen-bond acceptors (Lipinski definition) is 2. The van der Waals surface area contributed by atoms with Gasteiger partial charge in [0.25, 0.3) is 0 Å². The van der Waals surface area contributed by atoms with Crippen LogP contribution in [0.2, 0.25) is 0 Å². The fourth-order valence-corrected chi connectivity index (χ4v) is 2.71. The molecule has 0 aromatic carbocycles. The van der Waals surface area contributed by atoms with Crippen LogP contribution in [0.25, 0.3) is 0 Å². The molecule has 1 saturated heterocycles. The number of carbonyl (C=O) groups is 1. The largest absolute Gasteiger partial charge is 0.338 e. The molecule has 2 rings (SSSR count). The zero-order valence-corrected chi connectivity index (χ0v) is 12.0.